The van der Waals surface area contributed by atoms with Gasteiger partial charge in [0, 0.05) is 24.7 Å². The fourth-order valence-electron chi connectivity index (χ4n) is 2.81. The summed E-state index contributed by atoms with van der Waals surface area (Å²) in [4.78, 5) is 4.52. The second-order valence-corrected chi connectivity index (χ2v) is 6.14. The van der Waals surface area contributed by atoms with Crippen LogP contribution in [-0.2, 0) is 6.42 Å². The molecule has 1 aromatic heterocycles. The highest BCUT2D eigenvalue weighted by Gasteiger charge is 2.17. The Morgan fingerprint density at radius 3 is 2.61 bits per heavy atom. The average Bonchev–Trinajstić information content (AvgIpc) is 3.21. The van der Waals surface area contributed by atoms with Crippen molar-refractivity contribution in [3.05, 3.63) is 59.7 Å². The van der Waals surface area contributed by atoms with Gasteiger partial charge in [-0.25, -0.2) is 4.98 Å². The number of anilines is 1. The molecule has 2 aromatic carbocycles. The van der Waals surface area contributed by atoms with E-state index in [1.807, 2.05) is 42.5 Å². The second kappa shape index (κ2) is 9.09. The maximum absolute atomic E-state index is 6.33. The lowest BCUT2D eigenvalue weighted by molar-refractivity contribution is 0.354. The number of nitrogens with one attached hydrogen (secondary N) is 2. The van der Waals surface area contributed by atoms with Gasteiger partial charge in [0.2, 0.25) is 0 Å². The molecule has 4 N–H and O–H groups in total. The fraction of sp³-hybridized carbons (Fsp3) is 0.300. The first-order valence-corrected chi connectivity index (χ1v) is 8.91. The second-order valence-electron chi connectivity index (χ2n) is 6.14. The molecule has 0 fully saturated rings. The van der Waals surface area contributed by atoms with Crippen LogP contribution in [0.3, 0.4) is 0 Å². The monoisotopic (exact) mass is 383 g/mol. The predicted molar refractivity (Wildman–Crippen MR) is 107 cm³/mol. The Balaban J connectivity index is 1.61. The summed E-state index contributed by atoms with van der Waals surface area (Å²) in [6.45, 7) is 0.702. The Labute approximate surface area is 164 Å². The Kier molecular flexibility index (Phi) is 6.33. The lowest BCUT2D eigenvalue weighted by Crippen LogP contribution is -2.14. The number of ether oxygens (including phenoxy) is 3. The van der Waals surface area contributed by atoms with E-state index in [0.717, 1.165) is 22.8 Å². The third kappa shape index (κ3) is 4.52. The van der Waals surface area contributed by atoms with Gasteiger partial charge >= 0.3 is 0 Å². The minimum absolute atomic E-state index is 0.462. The number of aromatic nitrogens is 3. The molecule has 3 rings (SSSR count). The van der Waals surface area contributed by atoms with Crippen molar-refractivity contribution in [3.63, 3.8) is 0 Å². The predicted octanol–water partition coefficient (Wildman–Crippen LogP) is 2.53. The maximum atomic E-state index is 6.33. The van der Waals surface area contributed by atoms with Crippen LogP contribution in [0.1, 0.15) is 23.3 Å². The first-order valence-electron chi connectivity index (χ1n) is 8.91. The molecule has 0 radical (unpaired) electrons. The van der Waals surface area contributed by atoms with Crippen LogP contribution >= 0.6 is 0 Å². The number of hydrogen-bond donors (Lipinski definition) is 3. The highest BCUT2D eigenvalue weighted by atomic mass is 16.5. The lowest BCUT2D eigenvalue weighted by Gasteiger charge is -2.12. The van der Waals surface area contributed by atoms with Crippen LogP contribution < -0.4 is 25.3 Å². The van der Waals surface area contributed by atoms with Crippen LogP contribution in [0.5, 0.6) is 17.2 Å². The van der Waals surface area contributed by atoms with E-state index >= 15 is 0 Å². The van der Waals surface area contributed by atoms with Gasteiger partial charge in [0.05, 0.1) is 27.4 Å². The molecule has 28 heavy (non-hydrogen) atoms. The van der Waals surface area contributed by atoms with Crippen LogP contribution in [0, 0.1) is 0 Å². The van der Waals surface area contributed by atoms with Crippen molar-refractivity contribution in [2.45, 2.75) is 12.5 Å². The average molecular weight is 383 g/mol. The molecule has 1 heterocycles. The van der Waals surface area contributed by atoms with E-state index in [2.05, 4.69) is 20.5 Å². The van der Waals surface area contributed by atoms with Crippen molar-refractivity contribution < 1.29 is 14.2 Å². The van der Waals surface area contributed by atoms with Crippen LogP contribution in [0.15, 0.2) is 42.5 Å². The molecule has 148 valence electrons. The molecule has 0 unspecified atom stereocenters. The van der Waals surface area contributed by atoms with Gasteiger partial charge in [-0.15, -0.1) is 0 Å². The number of H-pyrrole nitrogens is 1. The maximum Gasteiger partial charge on any atom is 0.171 e. The zero-order chi connectivity index (χ0) is 19.9. The van der Waals surface area contributed by atoms with Crippen LogP contribution in [0.2, 0.25) is 0 Å². The topological polar surface area (TPSA) is 107 Å². The van der Waals surface area contributed by atoms with Gasteiger partial charge in [-0.1, -0.05) is 12.1 Å². The van der Waals surface area contributed by atoms with E-state index in [-0.39, 0.29) is 0 Å². The first kappa shape index (κ1) is 19.5. The number of hydrogen-bond acceptors (Lipinski definition) is 7. The smallest absolute Gasteiger partial charge is 0.171 e. The van der Waals surface area contributed by atoms with Crippen LogP contribution in [-0.4, -0.2) is 43.1 Å². The van der Waals surface area contributed by atoms with E-state index in [1.54, 1.807) is 21.3 Å². The summed E-state index contributed by atoms with van der Waals surface area (Å²) in [5.74, 6) is 3.38. The van der Waals surface area contributed by atoms with E-state index in [1.165, 1.54) is 0 Å². The molecule has 1 atom stereocenters. The molecule has 3 aromatic rings. The van der Waals surface area contributed by atoms with Gasteiger partial charge in [0.1, 0.15) is 11.6 Å². The SMILES string of the molecule is COc1cccc(NCCc2nc([C@H](N)c3ccc(OC)c(OC)c3)n[nH]2)c1. The standard InChI is InChI=1S/C20H25N5O3/c1-26-15-6-4-5-14(12-15)22-10-9-18-23-20(25-24-18)19(21)13-7-8-16(27-2)17(11-13)28-3/h4-8,11-12,19,22H,9-10,21H2,1-3H3,(H,23,24,25)/t19-/m1/s1. The molecule has 0 spiro atoms. The lowest BCUT2D eigenvalue weighted by atomic mass is 10.1. The number of rotatable bonds is 9. The molecule has 0 aliphatic heterocycles. The fourth-order valence-corrected chi connectivity index (χ4v) is 2.81. The number of aromatic amines is 1. The highest BCUT2D eigenvalue weighted by Crippen LogP contribution is 2.30. The van der Waals surface area contributed by atoms with Crippen molar-refractivity contribution >= 4 is 5.69 Å². The van der Waals surface area contributed by atoms with E-state index in [4.69, 9.17) is 19.9 Å². The summed E-state index contributed by atoms with van der Waals surface area (Å²) < 4.78 is 15.8. The molecule has 0 saturated carbocycles. The number of methoxy groups -OCH3 is 3. The number of benzene rings is 2. The van der Waals surface area contributed by atoms with Crippen LogP contribution in [0.4, 0.5) is 5.69 Å². The summed E-state index contributed by atoms with van der Waals surface area (Å²) in [6, 6.07) is 12.9. The first-order chi connectivity index (χ1) is 13.6. The molecule has 0 bridgehead atoms. The molecule has 0 saturated heterocycles. The summed E-state index contributed by atoms with van der Waals surface area (Å²) >= 11 is 0. The minimum atomic E-state index is -0.462. The van der Waals surface area contributed by atoms with Crippen molar-refractivity contribution in [2.75, 3.05) is 33.2 Å². The molecular formula is C20H25N5O3. The largest absolute Gasteiger partial charge is 0.497 e. The molecule has 8 heteroatoms. The van der Waals surface area contributed by atoms with Gasteiger partial charge in [-0.05, 0) is 29.8 Å². The Bertz CT molecular complexity index is 912. The Morgan fingerprint density at radius 1 is 1.04 bits per heavy atom. The summed E-state index contributed by atoms with van der Waals surface area (Å²) in [5, 5.41) is 10.6. The quantitative estimate of drug-likeness (QED) is 0.521. The van der Waals surface area contributed by atoms with Gasteiger partial charge in [0.25, 0.3) is 0 Å². The zero-order valence-corrected chi connectivity index (χ0v) is 16.2. The third-order valence-corrected chi connectivity index (χ3v) is 4.35. The molecule has 8 nitrogen and oxygen atoms in total. The summed E-state index contributed by atoms with van der Waals surface area (Å²) in [7, 11) is 4.84. The van der Waals surface area contributed by atoms with Crippen molar-refractivity contribution in [2.24, 2.45) is 5.73 Å². The third-order valence-electron chi connectivity index (χ3n) is 4.35. The van der Waals surface area contributed by atoms with Crippen molar-refractivity contribution in [3.8, 4) is 17.2 Å². The van der Waals surface area contributed by atoms with Gasteiger partial charge in [-0.2, -0.15) is 5.10 Å². The Morgan fingerprint density at radius 2 is 1.86 bits per heavy atom. The van der Waals surface area contributed by atoms with Crippen molar-refractivity contribution in [1.82, 2.24) is 15.2 Å². The van der Waals surface area contributed by atoms with Crippen molar-refractivity contribution in [1.29, 1.82) is 0 Å². The highest BCUT2D eigenvalue weighted by molar-refractivity contribution is 5.48. The molecule has 0 aliphatic carbocycles. The van der Waals surface area contributed by atoms with Crippen LogP contribution in [0.25, 0.3) is 0 Å². The number of nitrogens with two attached hydrogens (primary N) is 1. The molecule has 0 aliphatic rings. The van der Waals surface area contributed by atoms with E-state index < -0.39 is 6.04 Å². The molecular weight excluding hydrogens is 358 g/mol. The van der Waals surface area contributed by atoms with E-state index in [9.17, 15) is 0 Å². The Hall–Kier alpha value is -3.26. The van der Waals surface area contributed by atoms with E-state index in [0.29, 0.717) is 30.3 Å². The van der Waals surface area contributed by atoms with Gasteiger partial charge in [0.15, 0.2) is 17.3 Å². The number of nitrogens with zero attached hydrogens (tertiary/aromatic N) is 2. The molecule has 0 amide bonds. The minimum Gasteiger partial charge on any atom is -0.497 e. The van der Waals surface area contributed by atoms with Gasteiger partial charge < -0.3 is 25.3 Å². The zero-order valence-electron chi connectivity index (χ0n) is 16.2. The summed E-state index contributed by atoms with van der Waals surface area (Å²) in [6.07, 6.45) is 0.683. The van der Waals surface area contributed by atoms with Gasteiger partial charge in [-0.3, -0.25) is 5.10 Å². The normalized spacial score (nSPS) is 11.7. The summed E-state index contributed by atoms with van der Waals surface area (Å²) in [5.41, 5.74) is 8.16.